The van der Waals surface area contributed by atoms with Crippen molar-refractivity contribution in [2.24, 2.45) is 42.3 Å². The molecule has 0 spiro atoms. The molecule has 13 nitrogen and oxygen atoms in total. The first-order valence-electron chi connectivity index (χ1n) is 31.4. The van der Waals surface area contributed by atoms with Gasteiger partial charge in [-0.2, -0.15) is 0 Å². The Morgan fingerprint density at radius 3 is 1.13 bits per heavy atom. The van der Waals surface area contributed by atoms with Crippen molar-refractivity contribution >= 4 is 11.3 Å². The smallest absolute Gasteiger partial charge is 0.0768 e. The molecule has 0 unspecified atom stereocenters. The number of nitrogens with zero attached hydrogens (tertiary/aromatic N) is 13. The van der Waals surface area contributed by atoms with Crippen LogP contribution in [-0.4, -0.2) is 62.3 Å². The predicted molar refractivity (Wildman–Crippen MR) is 392 cm³/mol. The van der Waals surface area contributed by atoms with Gasteiger partial charge in [-0.15, -0.1) is 214 Å². The summed E-state index contributed by atoms with van der Waals surface area (Å²) >= 11 is 1.75. The molecule has 0 saturated carbocycles. The number of imidazole rings is 6. The molecule has 0 atom stereocenters. The Morgan fingerprint density at radius 1 is 0.301 bits per heavy atom. The maximum atomic E-state index is 4.68. The van der Waals surface area contributed by atoms with E-state index in [-0.39, 0.29) is 121 Å². The van der Waals surface area contributed by atoms with Crippen LogP contribution < -0.4 is 0 Å². The monoisotopic (exact) mass is 2440 g/mol. The maximum absolute atomic E-state index is 4.68. The molecule has 16 rings (SSSR count). The van der Waals surface area contributed by atoms with Crippen LogP contribution in [0, 0.1) is 50.2 Å². The van der Waals surface area contributed by atoms with Crippen LogP contribution in [-0.2, 0) is 163 Å². The molecule has 0 aliphatic heterocycles. The Morgan fingerprint density at radius 2 is 0.709 bits per heavy atom. The van der Waals surface area contributed by atoms with Crippen LogP contribution in [0.1, 0.15) is 11.4 Å². The third-order valence-electron chi connectivity index (χ3n) is 15.7. The number of hydrogen-bond donors (Lipinski definition) is 0. The van der Waals surface area contributed by atoms with Crippen molar-refractivity contribution in [1.82, 2.24) is 62.3 Å². The first-order valence-corrected chi connectivity index (χ1v) is 32.3. The summed E-state index contributed by atoms with van der Waals surface area (Å²) in [4.78, 5) is 32.1. The summed E-state index contributed by atoms with van der Waals surface area (Å²) in [7, 11) is 12.0. The first kappa shape index (κ1) is 85.4. The second-order valence-electron chi connectivity index (χ2n) is 22.4. The van der Waals surface area contributed by atoms with Crippen LogP contribution in [0.15, 0.2) is 286 Å². The fraction of sp³-hybridized carbons (Fsp3) is 0.0964. The van der Waals surface area contributed by atoms with Gasteiger partial charge in [0.15, 0.2) is 0 Å². The molecule has 0 aliphatic rings. The van der Waals surface area contributed by atoms with E-state index in [0.29, 0.717) is 0 Å². The van der Waals surface area contributed by atoms with E-state index >= 15 is 0 Å². The average molecular weight is 2440 g/mol. The fourth-order valence-corrected chi connectivity index (χ4v) is 11.1. The normalized spacial score (nSPS) is 9.86. The predicted octanol–water partition coefficient (Wildman–Crippen LogP) is 18.1. The number of benzene rings is 8. The molecule has 103 heavy (non-hydrogen) atoms. The van der Waals surface area contributed by atoms with Gasteiger partial charge in [0.1, 0.15) is 0 Å². The van der Waals surface area contributed by atoms with Gasteiger partial charge in [-0.05, 0) is 43.0 Å². The largest absolute Gasteiger partial charge is 0.373 e. The van der Waals surface area contributed by atoms with Crippen molar-refractivity contribution in [1.29, 1.82) is 0 Å². The molecule has 8 aromatic carbocycles. The molecule has 0 bridgehead atoms. The third kappa shape index (κ3) is 23.1. The zero-order valence-electron chi connectivity index (χ0n) is 57.4. The van der Waals surface area contributed by atoms with Crippen molar-refractivity contribution in [2.45, 2.75) is 13.8 Å². The van der Waals surface area contributed by atoms with Crippen LogP contribution in [0.5, 0.6) is 0 Å². The first-order chi connectivity index (χ1) is 47.4. The van der Waals surface area contributed by atoms with Crippen molar-refractivity contribution < 1.29 is 121 Å². The quantitative estimate of drug-likeness (QED) is 0.125. The minimum Gasteiger partial charge on any atom is -0.373 e. The van der Waals surface area contributed by atoms with Gasteiger partial charge >= 0.3 is 0 Å². The Balaban J connectivity index is 0.000000221. The van der Waals surface area contributed by atoms with Gasteiger partial charge in [0.05, 0.1) is 46.3 Å². The molecular formula is C83H71Ir6N13S-6. The molecule has 0 aliphatic carbocycles. The van der Waals surface area contributed by atoms with E-state index in [2.05, 4.69) is 155 Å². The van der Waals surface area contributed by atoms with Crippen molar-refractivity contribution in [3.63, 3.8) is 0 Å². The molecule has 0 fully saturated rings. The zero-order chi connectivity index (χ0) is 67.3. The molecule has 8 aromatic heterocycles. The maximum Gasteiger partial charge on any atom is 0.0768 e. The summed E-state index contributed by atoms with van der Waals surface area (Å²) in [6.07, 6.45) is 18.8. The minimum atomic E-state index is 0. The SMILES string of the molecule is Cc1nc(-c2[c-]cccc2)n(C)c1C.Cn1cc(-c2ccccc2)nc1-c1[c-]cccc1.Cn1ccnc1-c1[c-]ccc(-c2ccccc2)c1.Cn1ccnc1-c1[c-]ccc(-c2ccccn2)c1.Cn1ccnc1-c1[c-]ccc(-c2cccs2)c1.Cn1ccnc1-c1[c-]cccc1.[Ir].[Ir].[Ir].[Ir].[Ir].[Ir]. The van der Waals surface area contributed by atoms with Gasteiger partial charge in [-0.3, -0.25) is 34.9 Å². The topological polar surface area (TPSA) is 120 Å². The number of aryl methyl sites for hydroxylation is 6. The van der Waals surface area contributed by atoms with E-state index in [1.54, 1.807) is 42.3 Å². The van der Waals surface area contributed by atoms with Crippen molar-refractivity contribution in [3.8, 4) is 112 Å². The number of rotatable bonds is 10. The van der Waals surface area contributed by atoms with Gasteiger partial charge in [-0.25, -0.2) is 0 Å². The van der Waals surface area contributed by atoms with Gasteiger partial charge in [0.25, 0.3) is 0 Å². The minimum absolute atomic E-state index is 0. The van der Waals surface area contributed by atoms with Crippen molar-refractivity contribution in [2.75, 3.05) is 0 Å². The number of thiophene rings is 1. The summed E-state index contributed by atoms with van der Waals surface area (Å²) in [5, 5.41) is 2.09. The fourth-order valence-electron chi connectivity index (χ4n) is 10.4. The standard InChI is InChI=1S/2C16H13N2.C15H12N3.C14H11N2S.C12H13N2.C10H9N2.6Ir/c1-18-12-15(13-8-4-2-5-9-13)17-16(18)14-10-6-3-7-11-14;1-18-11-10-17-16(18)15-9-5-8-14(12-15)13-6-3-2-4-7-13;1-18-10-9-17-15(18)13-6-4-5-12(11-13)14-7-2-3-8-16-14;1-16-8-7-15-14(16)12-5-2-4-11(10-12)13-6-3-9-17-13;1-9-10(2)14(3)12(13-9)11-7-5-4-6-8-11;1-12-8-7-11-10(12)9-5-3-2-4-6-9;;;;;;/h2-10,12H,1H3;2-8,10-12H,1H3;2-5,7-11H,1H3;2-4,6-10H,1H3;4-7H,1-3H3;2-5,7-8H,1H3;;;;;;/q6*-1;;;;;;. The summed E-state index contributed by atoms with van der Waals surface area (Å²) in [5.74, 6) is 5.68. The molecule has 0 amide bonds. The molecule has 0 N–H and O–H groups in total. The second-order valence-corrected chi connectivity index (χ2v) is 23.3. The summed E-state index contributed by atoms with van der Waals surface area (Å²) in [6.45, 7) is 4.11. The third-order valence-corrected chi connectivity index (χ3v) is 16.6. The van der Waals surface area contributed by atoms with Gasteiger partial charge in [0, 0.05) is 247 Å². The van der Waals surface area contributed by atoms with Crippen LogP contribution in [0.2, 0.25) is 0 Å². The second kappa shape index (κ2) is 43.1. The molecule has 20 heteroatoms. The van der Waals surface area contributed by atoms with E-state index in [1.165, 1.54) is 27.3 Å². The zero-order valence-corrected chi connectivity index (χ0v) is 72.5. The Labute approximate surface area is 689 Å². The number of aromatic nitrogens is 13. The number of pyridine rings is 1. The Bertz CT molecular complexity index is 4920. The van der Waals surface area contributed by atoms with E-state index in [1.807, 2.05) is 255 Å². The molecule has 16 aromatic rings. The van der Waals surface area contributed by atoms with Crippen LogP contribution >= 0.6 is 11.3 Å². The van der Waals surface area contributed by atoms with E-state index in [9.17, 15) is 0 Å². The summed E-state index contributed by atoms with van der Waals surface area (Å²) < 4.78 is 12.1. The number of hydrogen-bond acceptors (Lipinski definition) is 8. The van der Waals surface area contributed by atoms with Crippen LogP contribution in [0.3, 0.4) is 0 Å². The Hall–Kier alpha value is -8.23. The van der Waals surface area contributed by atoms with Crippen molar-refractivity contribution in [3.05, 3.63) is 334 Å². The summed E-state index contributed by atoms with van der Waals surface area (Å²) in [5.41, 5.74) is 16.2. The van der Waals surface area contributed by atoms with E-state index in [4.69, 9.17) is 0 Å². The van der Waals surface area contributed by atoms with E-state index in [0.717, 1.165) is 96.5 Å². The molecule has 534 valence electrons. The molecule has 8 heterocycles. The van der Waals surface area contributed by atoms with Crippen LogP contribution in [0.25, 0.3) is 112 Å². The summed E-state index contributed by atoms with van der Waals surface area (Å²) in [6, 6.07) is 91.8. The Kier molecular flexibility index (Phi) is 35.8. The molecule has 0 saturated heterocycles. The molecular weight excluding hydrogens is 2360 g/mol. The molecule has 6 radical (unpaired) electrons. The average Bonchev–Trinajstić information content (AvgIpc) is 1.65. The van der Waals surface area contributed by atoms with Gasteiger partial charge < -0.3 is 27.4 Å². The van der Waals surface area contributed by atoms with Crippen LogP contribution in [0.4, 0.5) is 0 Å². The van der Waals surface area contributed by atoms with E-state index < -0.39 is 0 Å². The van der Waals surface area contributed by atoms with Gasteiger partial charge in [-0.1, -0.05) is 83.9 Å². The van der Waals surface area contributed by atoms with Gasteiger partial charge in [0.2, 0.25) is 0 Å².